The molecule has 0 fully saturated rings. The van der Waals surface area contributed by atoms with Crippen LogP contribution < -0.4 is 31.8 Å². The van der Waals surface area contributed by atoms with E-state index >= 15 is 0 Å². The molecule has 54 heavy (non-hydrogen) atoms. The van der Waals surface area contributed by atoms with Crippen molar-refractivity contribution in [3.8, 4) is 0 Å². The molecule has 0 aliphatic carbocycles. The van der Waals surface area contributed by atoms with Crippen molar-refractivity contribution in [2.24, 2.45) is 23.7 Å². The zero-order valence-corrected chi connectivity index (χ0v) is 38.2. The van der Waals surface area contributed by atoms with Crippen molar-refractivity contribution < 1.29 is 9.13 Å². The van der Waals surface area contributed by atoms with E-state index in [0.717, 1.165) is 50.2 Å². The van der Waals surface area contributed by atoms with Crippen LogP contribution in [0.2, 0.25) is 0 Å². The molecular formula is C49H75NO2P2. The number of benzene rings is 5. The zero-order chi connectivity index (χ0) is 41.6. The minimum atomic E-state index is -2.78. The summed E-state index contributed by atoms with van der Waals surface area (Å²) < 4.78 is 26.4. The lowest BCUT2D eigenvalue weighted by Gasteiger charge is -2.19. The third-order valence-electron chi connectivity index (χ3n) is 5.86. The molecule has 3 nitrogen and oxygen atoms in total. The second-order valence-electron chi connectivity index (χ2n) is 15.6. The molecule has 0 saturated heterocycles. The largest absolute Gasteiger partial charge is 0.323 e. The molecule has 5 heteroatoms. The van der Waals surface area contributed by atoms with Gasteiger partial charge < -0.3 is 14.4 Å². The lowest BCUT2D eigenvalue weighted by atomic mass is 10.3. The number of hydrogen-bond donors (Lipinski definition) is 1. The first-order chi connectivity index (χ1) is 25.4. The number of rotatable bonds is 5. The summed E-state index contributed by atoms with van der Waals surface area (Å²) >= 11 is 0. The van der Waals surface area contributed by atoms with Crippen molar-refractivity contribution in [2.75, 3.05) is 20.8 Å². The van der Waals surface area contributed by atoms with E-state index in [2.05, 4.69) is 88.4 Å². The van der Waals surface area contributed by atoms with Gasteiger partial charge in [0.05, 0.1) is 0 Å². The average Bonchev–Trinajstić information content (AvgIpc) is 3.13. The first-order valence-electron chi connectivity index (χ1n) is 19.4. The Balaban J connectivity index is 0. The minimum absolute atomic E-state index is 0.833. The van der Waals surface area contributed by atoms with Crippen molar-refractivity contribution in [1.29, 1.82) is 0 Å². The Kier molecular flexibility index (Phi) is 30.0. The predicted molar refractivity (Wildman–Crippen MR) is 249 cm³/mol. The smallest absolute Gasteiger partial charge is 0.171 e. The van der Waals surface area contributed by atoms with Gasteiger partial charge in [-0.15, -0.1) is 0 Å². The molecule has 0 unspecified atom stereocenters. The lowest BCUT2D eigenvalue weighted by molar-refractivity contribution is 0.590. The summed E-state index contributed by atoms with van der Waals surface area (Å²) in [4.78, 5) is 0. The molecule has 298 valence electrons. The second kappa shape index (κ2) is 30.8. The van der Waals surface area contributed by atoms with Crippen molar-refractivity contribution in [3.63, 3.8) is 0 Å². The highest BCUT2D eigenvalue weighted by molar-refractivity contribution is 7.85. The van der Waals surface area contributed by atoms with Gasteiger partial charge in [-0.1, -0.05) is 235 Å². The molecule has 0 aliphatic rings. The van der Waals surface area contributed by atoms with Crippen molar-refractivity contribution in [3.05, 3.63) is 152 Å². The third-order valence-corrected chi connectivity index (χ3v) is 11.5. The highest BCUT2D eigenvalue weighted by Gasteiger charge is 2.28. The highest BCUT2D eigenvalue weighted by Crippen LogP contribution is 2.42. The Morgan fingerprint density at radius 1 is 0.333 bits per heavy atom. The van der Waals surface area contributed by atoms with Crippen molar-refractivity contribution in [2.45, 2.75) is 83.1 Å². The summed E-state index contributed by atoms with van der Waals surface area (Å²) in [6.45, 7) is 27.8. The van der Waals surface area contributed by atoms with Crippen LogP contribution in [0.5, 0.6) is 0 Å². The van der Waals surface area contributed by atoms with Crippen LogP contribution in [0.4, 0.5) is 0 Å². The normalized spacial score (nSPS) is 10.3. The van der Waals surface area contributed by atoms with E-state index in [1.54, 1.807) is 0 Å². The van der Waals surface area contributed by atoms with Gasteiger partial charge in [-0.05, 0) is 44.4 Å². The maximum Gasteiger partial charge on any atom is 0.171 e. The highest BCUT2D eigenvalue weighted by atomic mass is 31.2. The van der Waals surface area contributed by atoms with Gasteiger partial charge in [0, 0.05) is 26.5 Å². The Bertz CT molecular complexity index is 1460. The Morgan fingerprint density at radius 3 is 0.611 bits per heavy atom. The minimum Gasteiger partial charge on any atom is -0.323 e. The molecule has 0 aliphatic heterocycles. The monoisotopic (exact) mass is 772 g/mol. The van der Waals surface area contributed by atoms with Crippen LogP contribution in [-0.4, -0.2) is 20.8 Å². The Labute approximate surface area is 333 Å². The molecule has 0 atom stereocenters. The number of nitrogens with one attached hydrogen (secondary N) is 1. The molecule has 0 heterocycles. The van der Waals surface area contributed by atoms with Gasteiger partial charge >= 0.3 is 0 Å². The van der Waals surface area contributed by atoms with Gasteiger partial charge in [0.25, 0.3) is 0 Å². The lowest BCUT2D eigenvalue weighted by Crippen LogP contribution is -2.24. The van der Waals surface area contributed by atoms with Gasteiger partial charge in [-0.2, -0.15) is 0 Å². The maximum absolute atomic E-state index is 13.8. The average molecular weight is 772 g/mol. The predicted octanol–water partition coefficient (Wildman–Crippen LogP) is 12.4. The first-order valence-corrected chi connectivity index (χ1v) is 23.3. The van der Waals surface area contributed by atoms with E-state index in [1.807, 2.05) is 172 Å². The van der Waals surface area contributed by atoms with Crippen LogP contribution in [0.25, 0.3) is 0 Å². The first kappa shape index (κ1) is 52.6. The van der Waals surface area contributed by atoms with Gasteiger partial charge in [-0.3, -0.25) is 0 Å². The topological polar surface area (TPSA) is 46.2 Å². The molecule has 5 aromatic carbocycles. The van der Waals surface area contributed by atoms with Crippen molar-refractivity contribution >= 4 is 40.8 Å². The summed E-state index contributed by atoms with van der Waals surface area (Å²) in [5.74, 6) is 3.33. The Hall–Kier alpha value is -3.48. The van der Waals surface area contributed by atoms with Gasteiger partial charge in [0.15, 0.2) is 7.14 Å². The summed E-state index contributed by atoms with van der Waals surface area (Å²) in [7, 11) is -1.42. The SMILES string of the molecule is CC(C)C.CC(C)C.CC(C)C.CC(C)C.CNC.CP(=O)(c1ccccc1)c1ccccc1.O=P(c1ccccc1)(c1ccccc1)c1ccccc1. The van der Waals surface area contributed by atoms with Crippen molar-refractivity contribution in [1.82, 2.24) is 5.32 Å². The van der Waals surface area contributed by atoms with Crippen LogP contribution in [0.3, 0.4) is 0 Å². The fraction of sp³-hybridized carbons (Fsp3) is 0.388. The fourth-order valence-corrected chi connectivity index (χ4v) is 8.39. The van der Waals surface area contributed by atoms with Crippen LogP contribution in [0.1, 0.15) is 83.1 Å². The maximum atomic E-state index is 13.8. The van der Waals surface area contributed by atoms with E-state index in [9.17, 15) is 9.13 Å². The molecule has 1 N–H and O–H groups in total. The molecule has 0 radical (unpaired) electrons. The summed E-state index contributed by atoms with van der Waals surface area (Å²) in [5, 5.41) is 7.19. The van der Waals surface area contributed by atoms with E-state index in [0.29, 0.717) is 0 Å². The third kappa shape index (κ3) is 24.8. The molecule has 5 aromatic rings. The van der Waals surface area contributed by atoms with Crippen LogP contribution in [-0.2, 0) is 9.13 Å². The second-order valence-corrected chi connectivity index (χ2v) is 21.3. The van der Waals surface area contributed by atoms with Gasteiger partial charge in [0.1, 0.15) is 7.14 Å². The molecule has 0 amide bonds. The summed E-state index contributed by atoms with van der Waals surface area (Å²) in [6, 6.07) is 48.4. The van der Waals surface area contributed by atoms with E-state index in [4.69, 9.17) is 0 Å². The molecule has 0 bridgehead atoms. The van der Waals surface area contributed by atoms with Crippen LogP contribution in [0.15, 0.2) is 152 Å². The molecule has 0 saturated carbocycles. The molecular weight excluding hydrogens is 696 g/mol. The van der Waals surface area contributed by atoms with E-state index in [-0.39, 0.29) is 0 Å². The molecule has 0 aromatic heterocycles. The number of hydrogen-bond acceptors (Lipinski definition) is 3. The van der Waals surface area contributed by atoms with Crippen LogP contribution in [0, 0.1) is 23.7 Å². The van der Waals surface area contributed by atoms with E-state index < -0.39 is 14.3 Å². The van der Waals surface area contributed by atoms with Crippen LogP contribution >= 0.6 is 14.3 Å². The van der Waals surface area contributed by atoms with Gasteiger partial charge in [0.2, 0.25) is 0 Å². The Morgan fingerprint density at radius 2 is 0.463 bits per heavy atom. The quantitative estimate of drug-likeness (QED) is 0.181. The summed E-state index contributed by atoms with van der Waals surface area (Å²) in [5.41, 5.74) is 0. The molecule has 0 spiro atoms. The van der Waals surface area contributed by atoms with E-state index in [1.165, 1.54) is 0 Å². The summed E-state index contributed by atoms with van der Waals surface area (Å²) in [6.07, 6.45) is 0. The van der Waals surface area contributed by atoms with Gasteiger partial charge in [-0.25, -0.2) is 0 Å². The standard InChI is InChI=1S/C18H15OP.C13H13OP.4C4H10.C2H7N/c19-20(16-10-4-1-5-11-16,17-12-6-2-7-13-17)18-14-8-3-9-15-18;1-15(14,12-8-4-2-5-9-12)13-10-6-3-7-11-13;4*1-4(2)3;1-3-2/h1-15H;2-11H,1H3;4*4H,1-3H3;3H,1-2H3. The molecule has 5 rings (SSSR count). The zero-order valence-electron chi connectivity index (χ0n) is 36.5. The fourth-order valence-electron chi connectivity index (χ4n) is 3.93.